The molecular weight excluding hydrogens is 136 g/mol. The van der Waals surface area contributed by atoms with Gasteiger partial charge in [0.2, 0.25) is 0 Å². The average Bonchev–Trinajstić information content (AvgIpc) is 2.03. The number of nitrogens with one attached hydrogen (secondary N) is 1. The van der Waals surface area contributed by atoms with Crippen LogP contribution in [0.5, 0.6) is 0 Å². The van der Waals surface area contributed by atoms with Gasteiger partial charge in [-0.2, -0.15) is 0 Å². The lowest BCUT2D eigenvalue weighted by Gasteiger charge is -2.33. The lowest BCUT2D eigenvalue weighted by molar-refractivity contribution is 0.149. The second kappa shape index (κ2) is 4.73. The van der Waals surface area contributed by atoms with Gasteiger partial charge in [0, 0.05) is 12.7 Å². The van der Waals surface area contributed by atoms with Crippen LogP contribution in [0, 0.1) is 0 Å². The SMILES string of the molecule is CCNCN1CCCCC1C. The van der Waals surface area contributed by atoms with Crippen LogP contribution in [0.3, 0.4) is 0 Å². The van der Waals surface area contributed by atoms with Gasteiger partial charge >= 0.3 is 0 Å². The number of nitrogens with zero attached hydrogens (tertiary/aromatic N) is 1. The van der Waals surface area contributed by atoms with E-state index in [2.05, 4.69) is 24.1 Å². The Kier molecular flexibility index (Phi) is 3.87. The predicted octanol–water partition coefficient (Wildman–Crippen LogP) is 1.43. The summed E-state index contributed by atoms with van der Waals surface area (Å²) in [5.74, 6) is 0. The van der Waals surface area contributed by atoms with Gasteiger partial charge in [0.25, 0.3) is 0 Å². The van der Waals surface area contributed by atoms with Crippen molar-refractivity contribution in [3.05, 3.63) is 0 Å². The Bertz CT molecular complexity index is 104. The standard InChI is InChI=1S/C9H20N2/c1-3-10-8-11-7-5-4-6-9(11)2/h9-10H,3-8H2,1-2H3. The van der Waals surface area contributed by atoms with E-state index in [-0.39, 0.29) is 0 Å². The van der Waals surface area contributed by atoms with Gasteiger partial charge in [0.15, 0.2) is 0 Å². The highest BCUT2D eigenvalue weighted by molar-refractivity contribution is 4.71. The zero-order valence-corrected chi connectivity index (χ0v) is 7.77. The van der Waals surface area contributed by atoms with Gasteiger partial charge in [0.1, 0.15) is 0 Å². The van der Waals surface area contributed by atoms with Crippen molar-refractivity contribution in [1.82, 2.24) is 10.2 Å². The van der Waals surface area contributed by atoms with Crippen LogP contribution in [0.25, 0.3) is 0 Å². The fourth-order valence-electron chi connectivity index (χ4n) is 1.65. The second-order valence-corrected chi connectivity index (χ2v) is 3.42. The minimum Gasteiger partial charge on any atom is -0.305 e. The highest BCUT2D eigenvalue weighted by atomic mass is 15.2. The molecule has 66 valence electrons. The number of rotatable bonds is 3. The maximum absolute atomic E-state index is 3.37. The van der Waals surface area contributed by atoms with Crippen LogP contribution in [-0.2, 0) is 0 Å². The Morgan fingerprint density at radius 2 is 2.27 bits per heavy atom. The molecule has 1 unspecified atom stereocenters. The first kappa shape index (κ1) is 9.01. The lowest BCUT2D eigenvalue weighted by Crippen LogP contribution is -2.43. The van der Waals surface area contributed by atoms with Crippen molar-refractivity contribution in [2.24, 2.45) is 0 Å². The topological polar surface area (TPSA) is 15.3 Å². The minimum absolute atomic E-state index is 0.794. The Hall–Kier alpha value is -0.0800. The molecule has 0 aromatic rings. The van der Waals surface area contributed by atoms with E-state index in [0.29, 0.717) is 0 Å². The van der Waals surface area contributed by atoms with Crippen molar-refractivity contribution in [2.45, 2.75) is 39.2 Å². The molecule has 0 bridgehead atoms. The Morgan fingerprint density at radius 1 is 1.45 bits per heavy atom. The van der Waals surface area contributed by atoms with Gasteiger partial charge in [-0.05, 0) is 32.9 Å². The van der Waals surface area contributed by atoms with Crippen LogP contribution < -0.4 is 5.32 Å². The van der Waals surface area contributed by atoms with E-state index < -0.39 is 0 Å². The molecule has 1 rings (SSSR count). The molecule has 0 radical (unpaired) electrons. The van der Waals surface area contributed by atoms with Gasteiger partial charge < -0.3 is 5.32 Å². The highest BCUT2D eigenvalue weighted by Gasteiger charge is 2.16. The van der Waals surface area contributed by atoms with Crippen LogP contribution in [0.4, 0.5) is 0 Å². The smallest absolute Gasteiger partial charge is 0.0482 e. The maximum atomic E-state index is 3.37. The van der Waals surface area contributed by atoms with E-state index in [0.717, 1.165) is 19.3 Å². The molecule has 2 nitrogen and oxygen atoms in total. The van der Waals surface area contributed by atoms with Crippen LogP contribution >= 0.6 is 0 Å². The molecule has 1 aliphatic rings. The van der Waals surface area contributed by atoms with Crippen molar-refractivity contribution in [1.29, 1.82) is 0 Å². The molecule has 2 heteroatoms. The molecule has 11 heavy (non-hydrogen) atoms. The van der Waals surface area contributed by atoms with E-state index in [1.54, 1.807) is 0 Å². The molecule has 0 saturated carbocycles. The van der Waals surface area contributed by atoms with E-state index >= 15 is 0 Å². The molecule has 1 heterocycles. The summed E-state index contributed by atoms with van der Waals surface area (Å²) in [7, 11) is 0. The fraction of sp³-hybridized carbons (Fsp3) is 1.00. The number of hydrogen-bond donors (Lipinski definition) is 1. The number of likely N-dealkylation sites (tertiary alicyclic amines) is 1. The normalized spacial score (nSPS) is 27.3. The van der Waals surface area contributed by atoms with E-state index in [9.17, 15) is 0 Å². The van der Waals surface area contributed by atoms with Gasteiger partial charge in [-0.15, -0.1) is 0 Å². The monoisotopic (exact) mass is 156 g/mol. The van der Waals surface area contributed by atoms with Crippen molar-refractivity contribution in [2.75, 3.05) is 19.8 Å². The van der Waals surface area contributed by atoms with Gasteiger partial charge in [-0.1, -0.05) is 13.3 Å². The van der Waals surface area contributed by atoms with E-state index in [1.807, 2.05) is 0 Å². The highest BCUT2D eigenvalue weighted by Crippen LogP contribution is 2.14. The zero-order chi connectivity index (χ0) is 8.10. The fourth-order valence-corrected chi connectivity index (χ4v) is 1.65. The summed E-state index contributed by atoms with van der Waals surface area (Å²) in [5.41, 5.74) is 0. The first-order valence-corrected chi connectivity index (χ1v) is 4.79. The summed E-state index contributed by atoms with van der Waals surface area (Å²) in [6.45, 7) is 7.94. The Morgan fingerprint density at radius 3 is 2.91 bits per heavy atom. The third-order valence-corrected chi connectivity index (χ3v) is 2.51. The number of piperidine rings is 1. The van der Waals surface area contributed by atoms with Gasteiger partial charge in [0.05, 0.1) is 0 Å². The Labute approximate surface area is 70.0 Å². The molecule has 1 saturated heterocycles. The quantitative estimate of drug-likeness (QED) is 0.665. The van der Waals surface area contributed by atoms with Crippen LogP contribution in [0.1, 0.15) is 33.1 Å². The summed E-state index contributed by atoms with van der Waals surface area (Å²) >= 11 is 0. The number of hydrogen-bond acceptors (Lipinski definition) is 2. The van der Waals surface area contributed by atoms with Crippen LogP contribution in [0.15, 0.2) is 0 Å². The van der Waals surface area contributed by atoms with Crippen molar-refractivity contribution in [3.8, 4) is 0 Å². The Balaban J connectivity index is 2.18. The average molecular weight is 156 g/mol. The molecule has 1 fully saturated rings. The first-order chi connectivity index (χ1) is 5.34. The molecule has 0 spiro atoms. The molecule has 0 amide bonds. The third-order valence-electron chi connectivity index (χ3n) is 2.51. The summed E-state index contributed by atoms with van der Waals surface area (Å²) in [4.78, 5) is 2.53. The van der Waals surface area contributed by atoms with Crippen molar-refractivity contribution < 1.29 is 0 Å². The molecule has 0 aliphatic carbocycles. The van der Waals surface area contributed by atoms with Gasteiger partial charge in [-0.25, -0.2) is 0 Å². The maximum Gasteiger partial charge on any atom is 0.0482 e. The van der Waals surface area contributed by atoms with Crippen LogP contribution in [0.2, 0.25) is 0 Å². The molecule has 1 atom stereocenters. The molecule has 1 aliphatic heterocycles. The summed E-state index contributed by atoms with van der Waals surface area (Å²) < 4.78 is 0. The predicted molar refractivity (Wildman–Crippen MR) is 48.6 cm³/mol. The van der Waals surface area contributed by atoms with Gasteiger partial charge in [-0.3, -0.25) is 4.90 Å². The molecule has 0 aromatic carbocycles. The zero-order valence-electron chi connectivity index (χ0n) is 7.77. The molecule has 1 N–H and O–H groups in total. The van der Waals surface area contributed by atoms with E-state index in [1.165, 1.54) is 25.8 Å². The van der Waals surface area contributed by atoms with E-state index in [4.69, 9.17) is 0 Å². The van der Waals surface area contributed by atoms with Crippen molar-refractivity contribution >= 4 is 0 Å². The lowest BCUT2D eigenvalue weighted by atomic mass is 10.0. The van der Waals surface area contributed by atoms with Crippen molar-refractivity contribution in [3.63, 3.8) is 0 Å². The second-order valence-electron chi connectivity index (χ2n) is 3.42. The van der Waals surface area contributed by atoms with Crippen LogP contribution in [-0.4, -0.2) is 30.7 Å². The molecule has 0 aromatic heterocycles. The first-order valence-electron chi connectivity index (χ1n) is 4.79. The largest absolute Gasteiger partial charge is 0.305 e. The summed E-state index contributed by atoms with van der Waals surface area (Å²) in [6, 6.07) is 0.794. The molecular formula is C9H20N2. The summed E-state index contributed by atoms with van der Waals surface area (Å²) in [6.07, 6.45) is 4.19. The summed E-state index contributed by atoms with van der Waals surface area (Å²) in [5, 5.41) is 3.37. The third kappa shape index (κ3) is 2.80. The minimum atomic E-state index is 0.794.